The fourth-order valence-corrected chi connectivity index (χ4v) is 3.23. The van der Waals surface area contributed by atoms with Crippen LogP contribution in [0, 0.1) is 20.2 Å². The van der Waals surface area contributed by atoms with Crippen molar-refractivity contribution in [2.24, 2.45) is 0 Å². The molecule has 0 aliphatic rings. The van der Waals surface area contributed by atoms with Crippen molar-refractivity contribution in [1.82, 2.24) is 5.32 Å². The van der Waals surface area contributed by atoms with E-state index in [2.05, 4.69) is 25.4 Å². The molecule has 0 fully saturated rings. The SMILES string of the molecule is CS(=O)(=O)OCCN(CCBr)c1cc(C(=O)NCC(O)CO)c([N+](=O)[O-])cc1[N+](=O)[O-]. The summed E-state index contributed by atoms with van der Waals surface area (Å²) in [5, 5.41) is 43.6. The summed E-state index contributed by atoms with van der Waals surface area (Å²) in [6.45, 7) is -1.44. The van der Waals surface area contributed by atoms with Gasteiger partial charge in [0.05, 0.1) is 41.5 Å². The number of anilines is 1. The van der Waals surface area contributed by atoms with E-state index in [1.807, 2.05) is 0 Å². The minimum Gasteiger partial charge on any atom is -0.394 e. The number of benzene rings is 1. The van der Waals surface area contributed by atoms with Crippen LogP contribution >= 0.6 is 15.9 Å². The smallest absolute Gasteiger partial charge is 0.299 e. The number of hydrogen-bond donors (Lipinski definition) is 3. The molecule has 174 valence electrons. The number of aliphatic hydroxyl groups is 2. The molecule has 1 aromatic carbocycles. The van der Waals surface area contributed by atoms with Crippen molar-refractivity contribution in [1.29, 1.82) is 0 Å². The highest BCUT2D eigenvalue weighted by molar-refractivity contribution is 9.09. The Bertz CT molecular complexity index is 927. The zero-order valence-electron chi connectivity index (χ0n) is 16.3. The molecule has 0 bridgehead atoms. The lowest BCUT2D eigenvalue weighted by Gasteiger charge is -2.24. The molecule has 0 heterocycles. The third kappa shape index (κ3) is 8.33. The van der Waals surface area contributed by atoms with Crippen molar-refractivity contribution >= 4 is 49.0 Å². The van der Waals surface area contributed by atoms with Gasteiger partial charge in [-0.05, 0) is 6.07 Å². The molecule has 0 saturated heterocycles. The Morgan fingerprint density at radius 2 is 1.87 bits per heavy atom. The van der Waals surface area contributed by atoms with Gasteiger partial charge in [-0.25, -0.2) is 0 Å². The van der Waals surface area contributed by atoms with Gasteiger partial charge in [0.1, 0.15) is 11.3 Å². The normalized spacial score (nSPS) is 12.3. The predicted molar refractivity (Wildman–Crippen MR) is 112 cm³/mol. The van der Waals surface area contributed by atoms with Gasteiger partial charge < -0.3 is 20.4 Å². The third-order valence-corrected chi connectivity index (χ3v) is 4.74. The number of alkyl halides is 1. The number of halogens is 1. The average molecular weight is 529 g/mol. The van der Waals surface area contributed by atoms with Crippen LogP contribution in [-0.2, 0) is 14.3 Å². The number of amides is 1. The monoisotopic (exact) mass is 528 g/mol. The van der Waals surface area contributed by atoms with Crippen molar-refractivity contribution in [2.75, 3.05) is 49.3 Å². The third-order valence-electron chi connectivity index (χ3n) is 3.79. The number of hydrogen-bond acceptors (Lipinski definition) is 11. The average Bonchev–Trinajstić information content (AvgIpc) is 2.68. The van der Waals surface area contributed by atoms with Crippen molar-refractivity contribution in [2.45, 2.75) is 6.10 Å². The molecule has 16 heteroatoms. The molecule has 0 aliphatic carbocycles. The highest BCUT2D eigenvalue weighted by atomic mass is 79.9. The van der Waals surface area contributed by atoms with Gasteiger partial charge in [0, 0.05) is 25.0 Å². The van der Waals surface area contributed by atoms with Crippen LogP contribution in [0.25, 0.3) is 0 Å². The number of nitrogens with one attached hydrogen (secondary N) is 1. The van der Waals surface area contributed by atoms with E-state index in [1.54, 1.807) is 0 Å². The van der Waals surface area contributed by atoms with Crippen LogP contribution in [0.1, 0.15) is 10.4 Å². The lowest BCUT2D eigenvalue weighted by Crippen LogP contribution is -2.35. The first-order valence-electron chi connectivity index (χ1n) is 8.60. The summed E-state index contributed by atoms with van der Waals surface area (Å²) in [4.78, 5) is 34.9. The van der Waals surface area contributed by atoms with Gasteiger partial charge in [0.15, 0.2) is 0 Å². The lowest BCUT2D eigenvalue weighted by atomic mass is 10.1. The predicted octanol–water partition coefficient (Wildman–Crippen LogP) is -0.236. The van der Waals surface area contributed by atoms with E-state index >= 15 is 0 Å². The second-order valence-corrected chi connectivity index (χ2v) is 8.56. The summed E-state index contributed by atoms with van der Waals surface area (Å²) in [6, 6.07) is 1.57. The van der Waals surface area contributed by atoms with Crippen LogP contribution in [0.2, 0.25) is 0 Å². The molecule has 1 unspecified atom stereocenters. The zero-order chi connectivity index (χ0) is 23.8. The van der Waals surface area contributed by atoms with Crippen molar-refractivity contribution in [3.05, 3.63) is 37.9 Å². The highest BCUT2D eigenvalue weighted by Crippen LogP contribution is 2.35. The van der Waals surface area contributed by atoms with E-state index in [9.17, 15) is 38.5 Å². The molecule has 1 rings (SSSR count). The Kier molecular flexibility index (Phi) is 10.2. The molecule has 3 N–H and O–H groups in total. The maximum atomic E-state index is 12.4. The Morgan fingerprint density at radius 1 is 1.26 bits per heavy atom. The molecule has 1 atom stereocenters. The van der Waals surface area contributed by atoms with Crippen LogP contribution in [0.3, 0.4) is 0 Å². The largest absolute Gasteiger partial charge is 0.394 e. The van der Waals surface area contributed by atoms with Crippen LogP contribution in [0.15, 0.2) is 12.1 Å². The topological polar surface area (TPSA) is 202 Å². The standard InChI is InChI=1S/C15H21BrN4O10S/c1-31(28,29)30-5-4-18(3-2-16)13-6-11(15(23)17-8-10(22)9-21)12(19(24)25)7-14(13)20(26)27/h6-7,10,21-22H,2-5,8-9H2,1H3,(H,17,23). The van der Waals surface area contributed by atoms with E-state index < -0.39 is 62.1 Å². The van der Waals surface area contributed by atoms with Crippen LogP contribution < -0.4 is 10.2 Å². The Labute approximate surface area is 185 Å². The highest BCUT2D eigenvalue weighted by Gasteiger charge is 2.30. The first kappa shape index (κ1) is 26.6. The van der Waals surface area contributed by atoms with Crippen LogP contribution in [0.5, 0.6) is 0 Å². The fourth-order valence-electron chi connectivity index (χ4n) is 2.42. The molecule has 1 aromatic rings. The summed E-state index contributed by atoms with van der Waals surface area (Å²) in [5.41, 5.74) is -2.18. The summed E-state index contributed by atoms with van der Waals surface area (Å²) < 4.78 is 27.0. The maximum Gasteiger partial charge on any atom is 0.299 e. The molecule has 14 nitrogen and oxygen atoms in total. The molecular formula is C15H21BrN4O10S. The van der Waals surface area contributed by atoms with Gasteiger partial charge in [0.25, 0.3) is 27.4 Å². The number of rotatable bonds is 13. The number of carbonyl (C=O) groups is 1. The molecule has 1 amide bonds. The van der Waals surface area contributed by atoms with Crippen molar-refractivity contribution in [3.63, 3.8) is 0 Å². The van der Waals surface area contributed by atoms with Crippen LogP contribution in [-0.4, -0.2) is 84.9 Å². The molecule has 0 saturated carbocycles. The second kappa shape index (κ2) is 11.8. The Hall–Kier alpha value is -2.40. The quantitative estimate of drug-likeness (QED) is 0.132. The molecule has 0 spiro atoms. The van der Waals surface area contributed by atoms with E-state index in [0.29, 0.717) is 11.4 Å². The van der Waals surface area contributed by atoms with Gasteiger partial charge in [-0.3, -0.25) is 29.2 Å². The Balaban J connectivity index is 3.44. The summed E-state index contributed by atoms with van der Waals surface area (Å²) in [6.07, 6.45) is -0.474. The minimum absolute atomic E-state index is 0.121. The molecule has 0 aromatic heterocycles. The molecule has 0 aliphatic heterocycles. The Morgan fingerprint density at radius 3 is 2.35 bits per heavy atom. The zero-order valence-corrected chi connectivity index (χ0v) is 18.7. The number of nitro benzene ring substituents is 2. The van der Waals surface area contributed by atoms with Crippen LogP contribution in [0.4, 0.5) is 17.1 Å². The molecule has 0 radical (unpaired) electrons. The van der Waals surface area contributed by atoms with Gasteiger partial charge in [-0.15, -0.1) is 0 Å². The van der Waals surface area contributed by atoms with Gasteiger partial charge in [-0.2, -0.15) is 8.42 Å². The van der Waals surface area contributed by atoms with Gasteiger partial charge in [0.2, 0.25) is 0 Å². The van der Waals surface area contributed by atoms with Gasteiger partial charge >= 0.3 is 0 Å². The van der Waals surface area contributed by atoms with Crippen molar-refractivity contribution < 1.29 is 37.5 Å². The summed E-state index contributed by atoms with van der Waals surface area (Å²) in [5.74, 6) is -0.999. The first-order valence-corrected chi connectivity index (χ1v) is 11.5. The molecular weight excluding hydrogens is 508 g/mol. The summed E-state index contributed by atoms with van der Waals surface area (Å²) in [7, 11) is -3.77. The first-order chi connectivity index (χ1) is 14.4. The van der Waals surface area contributed by atoms with E-state index in [1.165, 1.54) is 4.90 Å². The minimum atomic E-state index is -3.77. The fraction of sp³-hybridized carbons (Fsp3) is 0.533. The maximum absolute atomic E-state index is 12.4. The molecule has 31 heavy (non-hydrogen) atoms. The second-order valence-electron chi connectivity index (χ2n) is 6.12. The number of aliphatic hydroxyl groups excluding tert-OH is 2. The van der Waals surface area contributed by atoms with Gasteiger partial charge in [-0.1, -0.05) is 15.9 Å². The van der Waals surface area contributed by atoms with E-state index in [0.717, 1.165) is 12.3 Å². The lowest BCUT2D eigenvalue weighted by molar-refractivity contribution is -0.393. The number of carbonyl (C=O) groups excluding carboxylic acids is 1. The summed E-state index contributed by atoms with van der Waals surface area (Å²) >= 11 is 3.16. The van der Waals surface area contributed by atoms with E-state index in [-0.39, 0.29) is 25.4 Å². The number of nitrogens with zero attached hydrogens (tertiary/aromatic N) is 3. The van der Waals surface area contributed by atoms with Crippen molar-refractivity contribution in [3.8, 4) is 0 Å². The number of nitro groups is 2. The van der Waals surface area contributed by atoms with E-state index in [4.69, 9.17) is 5.11 Å².